The van der Waals surface area contributed by atoms with Crippen molar-refractivity contribution in [2.75, 3.05) is 13.2 Å². The monoisotopic (exact) mass is 233 g/mol. The average molecular weight is 233 g/mol. The topological polar surface area (TPSA) is 21.3 Å². The summed E-state index contributed by atoms with van der Waals surface area (Å²) in [6, 6.07) is 4.57. The number of rotatable bonds is 4. The summed E-state index contributed by atoms with van der Waals surface area (Å²) in [5.74, 6) is 0. The van der Waals surface area contributed by atoms with Gasteiger partial charge in [-0.05, 0) is 55.9 Å². The third-order valence-electron chi connectivity index (χ3n) is 3.66. The zero-order chi connectivity index (χ0) is 12.3. The molecular weight excluding hydrogens is 210 g/mol. The zero-order valence-corrected chi connectivity index (χ0v) is 11.2. The summed E-state index contributed by atoms with van der Waals surface area (Å²) in [5, 5.41) is 3.51. The van der Waals surface area contributed by atoms with Gasteiger partial charge < -0.3 is 10.1 Å². The lowest BCUT2D eigenvalue weighted by Gasteiger charge is -2.13. The van der Waals surface area contributed by atoms with Crippen molar-refractivity contribution in [3.05, 3.63) is 34.4 Å². The number of hydrogen-bond acceptors (Lipinski definition) is 2. The van der Waals surface area contributed by atoms with Gasteiger partial charge in [-0.2, -0.15) is 0 Å². The predicted octanol–water partition coefficient (Wildman–Crippen LogP) is 2.88. The van der Waals surface area contributed by atoms with Crippen LogP contribution in [0.25, 0.3) is 0 Å². The van der Waals surface area contributed by atoms with E-state index in [1.54, 1.807) is 0 Å². The molecule has 0 aliphatic carbocycles. The van der Waals surface area contributed by atoms with Crippen molar-refractivity contribution < 1.29 is 4.74 Å². The van der Waals surface area contributed by atoms with Crippen molar-refractivity contribution in [1.82, 2.24) is 5.32 Å². The van der Waals surface area contributed by atoms with Crippen LogP contribution in [0.2, 0.25) is 0 Å². The molecule has 0 amide bonds. The van der Waals surface area contributed by atoms with Gasteiger partial charge in [-0.25, -0.2) is 0 Å². The van der Waals surface area contributed by atoms with Crippen LogP contribution in [0.3, 0.4) is 0 Å². The van der Waals surface area contributed by atoms with E-state index >= 15 is 0 Å². The minimum Gasteiger partial charge on any atom is -0.377 e. The summed E-state index contributed by atoms with van der Waals surface area (Å²) >= 11 is 0. The summed E-state index contributed by atoms with van der Waals surface area (Å²) in [5.41, 5.74) is 5.55. The smallest absolute Gasteiger partial charge is 0.0700 e. The fraction of sp³-hybridized carbons (Fsp3) is 0.600. The molecule has 0 aromatic heterocycles. The van der Waals surface area contributed by atoms with Crippen LogP contribution in [0, 0.1) is 20.8 Å². The average Bonchev–Trinajstić information content (AvgIpc) is 2.78. The zero-order valence-electron chi connectivity index (χ0n) is 11.2. The number of benzene rings is 1. The maximum absolute atomic E-state index is 5.60. The van der Waals surface area contributed by atoms with Crippen molar-refractivity contribution in [2.24, 2.45) is 0 Å². The molecule has 2 rings (SSSR count). The Labute approximate surface area is 104 Å². The quantitative estimate of drug-likeness (QED) is 0.863. The molecule has 0 radical (unpaired) electrons. The highest BCUT2D eigenvalue weighted by Gasteiger charge is 2.14. The molecule has 1 aromatic rings. The predicted molar refractivity (Wildman–Crippen MR) is 71.3 cm³/mol. The number of ether oxygens (including phenoxy) is 1. The Bertz CT molecular complexity index is 381. The summed E-state index contributed by atoms with van der Waals surface area (Å²) in [7, 11) is 0. The van der Waals surface area contributed by atoms with Crippen LogP contribution in [-0.4, -0.2) is 19.3 Å². The lowest BCUT2D eigenvalue weighted by Crippen LogP contribution is -2.26. The van der Waals surface area contributed by atoms with Gasteiger partial charge in [0, 0.05) is 19.7 Å². The van der Waals surface area contributed by atoms with Crippen LogP contribution in [0.15, 0.2) is 12.1 Å². The van der Waals surface area contributed by atoms with E-state index in [2.05, 4.69) is 38.2 Å². The van der Waals surface area contributed by atoms with Gasteiger partial charge in [-0.15, -0.1) is 0 Å². The number of nitrogens with one attached hydrogen (secondary N) is 1. The van der Waals surface area contributed by atoms with Crippen molar-refractivity contribution in [2.45, 2.75) is 46.3 Å². The van der Waals surface area contributed by atoms with Crippen molar-refractivity contribution >= 4 is 0 Å². The molecule has 1 N–H and O–H groups in total. The lowest BCUT2D eigenvalue weighted by molar-refractivity contribution is 0.110. The normalized spacial score (nSPS) is 19.8. The van der Waals surface area contributed by atoms with Crippen LogP contribution >= 0.6 is 0 Å². The molecule has 17 heavy (non-hydrogen) atoms. The molecule has 1 atom stereocenters. The van der Waals surface area contributed by atoms with Gasteiger partial charge >= 0.3 is 0 Å². The van der Waals surface area contributed by atoms with Crippen LogP contribution in [0.5, 0.6) is 0 Å². The van der Waals surface area contributed by atoms with Gasteiger partial charge in [0.15, 0.2) is 0 Å². The minimum atomic E-state index is 0.432. The second-order valence-electron chi connectivity index (χ2n) is 5.13. The highest BCUT2D eigenvalue weighted by molar-refractivity contribution is 5.36. The highest BCUT2D eigenvalue weighted by Crippen LogP contribution is 2.15. The van der Waals surface area contributed by atoms with Crippen LogP contribution in [0.4, 0.5) is 0 Å². The fourth-order valence-electron chi connectivity index (χ4n) is 2.38. The number of hydrogen-bond donors (Lipinski definition) is 1. The summed E-state index contributed by atoms with van der Waals surface area (Å²) < 4.78 is 5.60. The molecule has 1 heterocycles. The van der Waals surface area contributed by atoms with Crippen molar-refractivity contribution in [3.63, 3.8) is 0 Å². The third-order valence-corrected chi connectivity index (χ3v) is 3.66. The van der Waals surface area contributed by atoms with Gasteiger partial charge in [0.25, 0.3) is 0 Å². The van der Waals surface area contributed by atoms with Gasteiger partial charge in [0.2, 0.25) is 0 Å². The molecular formula is C15H23NO. The van der Waals surface area contributed by atoms with Crippen LogP contribution < -0.4 is 5.32 Å². The maximum atomic E-state index is 5.60. The van der Waals surface area contributed by atoms with Crippen molar-refractivity contribution in [3.8, 4) is 0 Å². The second kappa shape index (κ2) is 5.65. The van der Waals surface area contributed by atoms with E-state index in [4.69, 9.17) is 4.74 Å². The lowest BCUT2D eigenvalue weighted by atomic mass is 10.0. The summed E-state index contributed by atoms with van der Waals surface area (Å²) in [6.07, 6.45) is 2.86. The molecule has 1 fully saturated rings. The third kappa shape index (κ3) is 3.30. The van der Waals surface area contributed by atoms with E-state index in [-0.39, 0.29) is 0 Å². The Morgan fingerprint density at radius 1 is 1.18 bits per heavy atom. The van der Waals surface area contributed by atoms with Crippen LogP contribution in [0.1, 0.15) is 35.1 Å². The first-order chi connectivity index (χ1) is 8.16. The van der Waals surface area contributed by atoms with Gasteiger partial charge in [-0.3, -0.25) is 0 Å². The van der Waals surface area contributed by atoms with E-state index in [0.29, 0.717) is 6.10 Å². The molecule has 1 aliphatic heterocycles. The highest BCUT2D eigenvalue weighted by atomic mass is 16.5. The Kier molecular flexibility index (Phi) is 4.19. The molecule has 0 spiro atoms. The summed E-state index contributed by atoms with van der Waals surface area (Å²) in [6.45, 7) is 9.41. The molecule has 2 nitrogen and oxygen atoms in total. The fourth-order valence-corrected chi connectivity index (χ4v) is 2.38. The van der Waals surface area contributed by atoms with Crippen LogP contribution in [-0.2, 0) is 11.3 Å². The van der Waals surface area contributed by atoms with E-state index < -0.39 is 0 Å². The van der Waals surface area contributed by atoms with Gasteiger partial charge in [0.05, 0.1) is 6.10 Å². The standard InChI is InChI=1S/C15H23NO/c1-11-7-13(3)14(8-12(11)2)9-16-10-15-5-4-6-17-15/h7-8,15-16H,4-6,9-10H2,1-3H3. The van der Waals surface area contributed by atoms with Crippen molar-refractivity contribution in [1.29, 1.82) is 0 Å². The SMILES string of the molecule is Cc1cc(C)c(CNCC2CCCO2)cc1C. The molecule has 1 aromatic carbocycles. The molecule has 0 bridgehead atoms. The maximum Gasteiger partial charge on any atom is 0.0700 e. The first kappa shape index (κ1) is 12.6. The molecule has 0 saturated carbocycles. The largest absolute Gasteiger partial charge is 0.377 e. The molecule has 1 saturated heterocycles. The molecule has 1 unspecified atom stereocenters. The van der Waals surface area contributed by atoms with Gasteiger partial charge in [-0.1, -0.05) is 12.1 Å². The molecule has 94 valence electrons. The van der Waals surface area contributed by atoms with E-state index in [1.165, 1.54) is 35.1 Å². The Morgan fingerprint density at radius 3 is 2.65 bits per heavy atom. The van der Waals surface area contributed by atoms with E-state index in [0.717, 1.165) is 19.7 Å². The Hall–Kier alpha value is -0.860. The Balaban J connectivity index is 1.87. The molecule has 2 heteroatoms. The molecule has 1 aliphatic rings. The summed E-state index contributed by atoms with van der Waals surface area (Å²) in [4.78, 5) is 0. The second-order valence-corrected chi connectivity index (χ2v) is 5.13. The van der Waals surface area contributed by atoms with E-state index in [9.17, 15) is 0 Å². The van der Waals surface area contributed by atoms with E-state index in [1.807, 2.05) is 0 Å². The first-order valence-corrected chi connectivity index (χ1v) is 6.56. The number of aryl methyl sites for hydroxylation is 3. The first-order valence-electron chi connectivity index (χ1n) is 6.56. The minimum absolute atomic E-state index is 0.432. The Morgan fingerprint density at radius 2 is 1.94 bits per heavy atom. The van der Waals surface area contributed by atoms with Gasteiger partial charge in [0.1, 0.15) is 0 Å².